The van der Waals surface area contributed by atoms with Crippen LogP contribution in [0, 0.1) is 11.8 Å². The molecule has 3 heteroatoms. The Bertz CT molecular complexity index is 278. The van der Waals surface area contributed by atoms with E-state index in [1.54, 1.807) is 0 Å². The minimum absolute atomic E-state index is 0.292. The molecule has 0 bridgehead atoms. The first kappa shape index (κ1) is 14.2. The van der Waals surface area contributed by atoms with Crippen LogP contribution in [-0.2, 0) is 4.79 Å². The number of nitrogens with zero attached hydrogens (tertiary/aromatic N) is 1. The van der Waals surface area contributed by atoms with Crippen molar-refractivity contribution in [1.29, 1.82) is 0 Å². The molecule has 0 radical (unpaired) electrons. The highest BCUT2D eigenvalue weighted by atomic mass is 35.5. The molecule has 0 atom stereocenters. The van der Waals surface area contributed by atoms with Crippen LogP contribution < -0.4 is 0 Å². The van der Waals surface area contributed by atoms with Crippen LogP contribution in [0.2, 0.25) is 0 Å². The number of hydrogen-bond donors (Lipinski definition) is 0. The molecule has 0 N–H and O–H groups in total. The van der Waals surface area contributed by atoms with Crippen LogP contribution in [-0.4, -0.2) is 29.3 Å². The van der Waals surface area contributed by atoms with Gasteiger partial charge in [0.2, 0.25) is 5.91 Å². The van der Waals surface area contributed by atoms with Crippen molar-refractivity contribution in [3.8, 4) is 0 Å². The first-order valence-corrected chi connectivity index (χ1v) is 7.92. The first-order chi connectivity index (χ1) is 8.58. The maximum absolute atomic E-state index is 12.5. The third-order valence-corrected chi connectivity index (χ3v) is 5.32. The molecule has 2 nitrogen and oxygen atoms in total. The van der Waals surface area contributed by atoms with Crippen molar-refractivity contribution in [1.82, 2.24) is 4.90 Å². The second-order valence-electron chi connectivity index (χ2n) is 6.31. The zero-order valence-electron chi connectivity index (χ0n) is 11.7. The molecule has 1 amide bonds. The van der Waals surface area contributed by atoms with Gasteiger partial charge in [-0.3, -0.25) is 4.79 Å². The summed E-state index contributed by atoms with van der Waals surface area (Å²) in [5, 5.41) is 0.334. The molecule has 2 aliphatic rings. The van der Waals surface area contributed by atoms with E-state index in [9.17, 15) is 4.79 Å². The van der Waals surface area contributed by atoms with E-state index in [2.05, 4.69) is 6.92 Å². The van der Waals surface area contributed by atoms with Gasteiger partial charge in [-0.15, -0.1) is 11.6 Å². The topological polar surface area (TPSA) is 20.3 Å². The van der Waals surface area contributed by atoms with Crippen molar-refractivity contribution >= 4 is 17.5 Å². The minimum Gasteiger partial charge on any atom is -0.343 e. The van der Waals surface area contributed by atoms with Gasteiger partial charge in [0.1, 0.15) is 0 Å². The zero-order chi connectivity index (χ0) is 13.1. The van der Waals surface area contributed by atoms with Gasteiger partial charge in [-0.25, -0.2) is 0 Å². The zero-order valence-corrected chi connectivity index (χ0v) is 12.5. The standard InChI is InChI=1S/C15H26ClNO/c1-11-3-5-12(6-4-11)15(18)17(2)14-9-7-13(16)8-10-14/h11-14H,3-10H2,1-2H3. The Labute approximate surface area is 116 Å². The molecule has 0 aromatic carbocycles. The Balaban J connectivity index is 1.84. The quantitative estimate of drug-likeness (QED) is 0.699. The van der Waals surface area contributed by atoms with Gasteiger partial charge in [-0.1, -0.05) is 6.92 Å². The number of hydrogen-bond acceptors (Lipinski definition) is 1. The number of alkyl halides is 1. The van der Waals surface area contributed by atoms with Gasteiger partial charge in [-0.2, -0.15) is 0 Å². The van der Waals surface area contributed by atoms with Gasteiger partial charge in [0.05, 0.1) is 0 Å². The molecule has 2 aliphatic carbocycles. The fourth-order valence-corrected chi connectivity index (χ4v) is 3.65. The molecule has 0 spiro atoms. The summed E-state index contributed by atoms with van der Waals surface area (Å²) < 4.78 is 0. The van der Waals surface area contributed by atoms with E-state index in [4.69, 9.17) is 11.6 Å². The largest absolute Gasteiger partial charge is 0.343 e. The van der Waals surface area contributed by atoms with Gasteiger partial charge in [0, 0.05) is 24.4 Å². The minimum atomic E-state index is 0.292. The normalized spacial score (nSPS) is 37.3. The van der Waals surface area contributed by atoms with Gasteiger partial charge in [0.25, 0.3) is 0 Å². The van der Waals surface area contributed by atoms with Crippen LogP contribution in [0.15, 0.2) is 0 Å². The van der Waals surface area contributed by atoms with Crippen LogP contribution in [0.5, 0.6) is 0 Å². The molecule has 2 rings (SSSR count). The lowest BCUT2D eigenvalue weighted by Gasteiger charge is -2.36. The summed E-state index contributed by atoms with van der Waals surface area (Å²) in [6.07, 6.45) is 8.91. The number of amides is 1. The Kier molecular flexibility index (Phi) is 4.94. The summed E-state index contributed by atoms with van der Waals surface area (Å²) in [6.45, 7) is 2.30. The second kappa shape index (κ2) is 6.27. The molecular weight excluding hydrogens is 246 g/mol. The van der Waals surface area contributed by atoms with E-state index in [1.165, 1.54) is 12.8 Å². The monoisotopic (exact) mass is 271 g/mol. The number of halogens is 1. The number of rotatable bonds is 2. The summed E-state index contributed by atoms with van der Waals surface area (Å²) >= 11 is 6.13. The van der Waals surface area contributed by atoms with Crippen molar-refractivity contribution in [3.05, 3.63) is 0 Å². The van der Waals surface area contributed by atoms with Crippen LogP contribution in [0.3, 0.4) is 0 Å². The number of carbonyl (C=O) groups excluding carboxylic acids is 1. The SMILES string of the molecule is CC1CCC(C(=O)N(C)C2CCC(Cl)CC2)CC1. The number of carbonyl (C=O) groups is 1. The highest BCUT2D eigenvalue weighted by Crippen LogP contribution is 2.32. The van der Waals surface area contributed by atoms with Gasteiger partial charge >= 0.3 is 0 Å². The van der Waals surface area contributed by atoms with Crippen molar-refractivity contribution in [3.63, 3.8) is 0 Å². The lowest BCUT2D eigenvalue weighted by atomic mass is 9.82. The van der Waals surface area contributed by atoms with Crippen molar-refractivity contribution in [2.75, 3.05) is 7.05 Å². The van der Waals surface area contributed by atoms with Crippen LogP contribution in [0.25, 0.3) is 0 Å². The second-order valence-corrected chi connectivity index (χ2v) is 6.93. The molecule has 0 heterocycles. The van der Waals surface area contributed by atoms with E-state index in [0.29, 0.717) is 23.2 Å². The Morgan fingerprint density at radius 1 is 1.00 bits per heavy atom. The highest BCUT2D eigenvalue weighted by molar-refractivity contribution is 6.20. The maximum atomic E-state index is 12.5. The highest BCUT2D eigenvalue weighted by Gasteiger charge is 2.31. The van der Waals surface area contributed by atoms with E-state index in [1.807, 2.05) is 11.9 Å². The van der Waals surface area contributed by atoms with Gasteiger partial charge in [-0.05, 0) is 57.3 Å². The van der Waals surface area contributed by atoms with Gasteiger partial charge < -0.3 is 4.90 Å². The summed E-state index contributed by atoms with van der Waals surface area (Å²) in [5.74, 6) is 1.49. The third kappa shape index (κ3) is 3.40. The van der Waals surface area contributed by atoms with E-state index in [0.717, 1.165) is 44.4 Å². The van der Waals surface area contributed by atoms with Crippen molar-refractivity contribution in [2.24, 2.45) is 11.8 Å². The third-order valence-electron chi connectivity index (χ3n) is 4.89. The predicted octanol–water partition coefficient (Wildman–Crippen LogP) is 3.82. The molecular formula is C15H26ClNO. The Hall–Kier alpha value is -0.240. The van der Waals surface area contributed by atoms with Crippen LogP contribution in [0.4, 0.5) is 0 Å². The molecule has 0 aromatic heterocycles. The van der Waals surface area contributed by atoms with Crippen molar-refractivity contribution in [2.45, 2.75) is 69.7 Å². The van der Waals surface area contributed by atoms with Crippen molar-refractivity contribution < 1.29 is 4.79 Å². The molecule has 18 heavy (non-hydrogen) atoms. The predicted molar refractivity (Wildman–Crippen MR) is 75.8 cm³/mol. The Morgan fingerprint density at radius 2 is 1.56 bits per heavy atom. The molecule has 0 saturated heterocycles. The lowest BCUT2D eigenvalue weighted by molar-refractivity contribution is -0.138. The summed E-state index contributed by atoms with van der Waals surface area (Å²) in [4.78, 5) is 14.5. The fraction of sp³-hybridized carbons (Fsp3) is 0.933. The van der Waals surface area contributed by atoms with E-state index < -0.39 is 0 Å². The van der Waals surface area contributed by atoms with E-state index >= 15 is 0 Å². The fourth-order valence-electron chi connectivity index (χ4n) is 3.40. The first-order valence-electron chi connectivity index (χ1n) is 7.48. The average Bonchev–Trinajstić information content (AvgIpc) is 2.39. The van der Waals surface area contributed by atoms with Crippen LogP contribution in [0.1, 0.15) is 58.3 Å². The lowest BCUT2D eigenvalue weighted by Crippen LogP contribution is -2.43. The summed E-state index contributed by atoms with van der Waals surface area (Å²) in [5.41, 5.74) is 0. The smallest absolute Gasteiger partial charge is 0.225 e. The van der Waals surface area contributed by atoms with Crippen LogP contribution >= 0.6 is 11.6 Å². The molecule has 0 aromatic rings. The molecule has 0 aliphatic heterocycles. The summed E-state index contributed by atoms with van der Waals surface area (Å²) in [7, 11) is 2.00. The molecule has 2 saturated carbocycles. The molecule has 104 valence electrons. The average molecular weight is 272 g/mol. The van der Waals surface area contributed by atoms with E-state index in [-0.39, 0.29) is 0 Å². The Morgan fingerprint density at radius 3 is 2.11 bits per heavy atom. The maximum Gasteiger partial charge on any atom is 0.225 e. The molecule has 0 unspecified atom stereocenters. The van der Waals surface area contributed by atoms with Gasteiger partial charge in [0.15, 0.2) is 0 Å². The summed E-state index contributed by atoms with van der Waals surface area (Å²) in [6, 6.07) is 0.437. The molecule has 2 fully saturated rings.